The van der Waals surface area contributed by atoms with E-state index in [4.69, 9.17) is 39.5 Å². The Morgan fingerprint density at radius 3 is 2.00 bits per heavy atom. The maximum absolute atomic E-state index is 11.1. The number of ether oxygens (including phenoxy) is 2. The van der Waals surface area contributed by atoms with Gasteiger partial charge in [0.1, 0.15) is 6.10 Å². The minimum atomic E-state index is -1.64. The minimum absolute atomic E-state index is 0.474. The molecule has 0 bridgehead atoms. The van der Waals surface area contributed by atoms with Crippen LogP contribution in [0.5, 0.6) is 0 Å². The quantitative estimate of drug-likeness (QED) is 0.568. The molecule has 0 rings (SSSR count). The lowest BCUT2D eigenvalue weighted by atomic mass is 10.1. The fraction of sp³-hybridized carbons (Fsp3) is 0.857. The molecule has 0 aromatic rings. The average molecular weight is 250 g/mol. The van der Waals surface area contributed by atoms with Crippen LogP contribution >= 0.6 is 34.8 Å². The standard InChI is InChI=1S/C7H11Cl3O3/c1-4(6(11)13-3)5(12-2)7(8,9)10/h4-5H,1-3H3/t4-,5?/m1/s1. The lowest BCUT2D eigenvalue weighted by molar-refractivity contribution is -0.149. The van der Waals surface area contributed by atoms with Crippen LogP contribution in [0.25, 0.3) is 0 Å². The van der Waals surface area contributed by atoms with E-state index in [9.17, 15) is 4.79 Å². The van der Waals surface area contributed by atoms with Crippen molar-refractivity contribution in [3.8, 4) is 0 Å². The number of carbonyl (C=O) groups excluding carboxylic acids is 1. The predicted octanol–water partition coefficient (Wildman–Crippen LogP) is 2.18. The summed E-state index contributed by atoms with van der Waals surface area (Å²) in [6, 6.07) is 0. The zero-order valence-corrected chi connectivity index (χ0v) is 9.78. The minimum Gasteiger partial charge on any atom is -0.469 e. The summed E-state index contributed by atoms with van der Waals surface area (Å²) in [5, 5.41) is 0. The van der Waals surface area contributed by atoms with E-state index in [0.29, 0.717) is 0 Å². The molecule has 0 fully saturated rings. The Bertz CT molecular complexity index is 178. The number of halogens is 3. The molecule has 0 radical (unpaired) electrons. The number of hydrogen-bond acceptors (Lipinski definition) is 3. The lowest BCUT2D eigenvalue weighted by Crippen LogP contribution is -2.38. The zero-order valence-electron chi connectivity index (χ0n) is 7.51. The second-order valence-electron chi connectivity index (χ2n) is 2.51. The first-order valence-electron chi connectivity index (χ1n) is 3.52. The highest BCUT2D eigenvalue weighted by Gasteiger charge is 2.40. The third-order valence-corrected chi connectivity index (χ3v) is 2.25. The first-order chi connectivity index (χ1) is 5.84. The van der Waals surface area contributed by atoms with Crippen LogP contribution in [0, 0.1) is 5.92 Å². The van der Waals surface area contributed by atoms with Gasteiger partial charge in [-0.3, -0.25) is 4.79 Å². The van der Waals surface area contributed by atoms with E-state index >= 15 is 0 Å². The smallest absolute Gasteiger partial charge is 0.311 e. The van der Waals surface area contributed by atoms with Crippen molar-refractivity contribution < 1.29 is 14.3 Å². The van der Waals surface area contributed by atoms with Gasteiger partial charge < -0.3 is 9.47 Å². The normalized spacial score (nSPS) is 16.5. The Kier molecular flexibility index (Phi) is 5.37. The van der Waals surface area contributed by atoms with Gasteiger partial charge in [-0.1, -0.05) is 34.8 Å². The maximum Gasteiger partial charge on any atom is 0.311 e. The summed E-state index contributed by atoms with van der Waals surface area (Å²) in [6.07, 6.45) is -0.815. The second kappa shape index (κ2) is 5.25. The topological polar surface area (TPSA) is 35.5 Å². The molecule has 1 unspecified atom stereocenters. The summed E-state index contributed by atoms with van der Waals surface area (Å²) in [5.74, 6) is -1.10. The molecule has 13 heavy (non-hydrogen) atoms. The van der Waals surface area contributed by atoms with Crippen molar-refractivity contribution in [2.24, 2.45) is 5.92 Å². The van der Waals surface area contributed by atoms with Crippen LogP contribution in [0.4, 0.5) is 0 Å². The molecule has 0 heterocycles. The van der Waals surface area contributed by atoms with Gasteiger partial charge in [-0.2, -0.15) is 0 Å². The van der Waals surface area contributed by atoms with Gasteiger partial charge in [0.05, 0.1) is 13.0 Å². The van der Waals surface area contributed by atoms with Crippen LogP contribution in [-0.4, -0.2) is 30.1 Å². The highest BCUT2D eigenvalue weighted by molar-refractivity contribution is 6.68. The van der Waals surface area contributed by atoms with Crippen LogP contribution in [0.1, 0.15) is 6.92 Å². The number of rotatable bonds is 3. The van der Waals surface area contributed by atoms with Gasteiger partial charge in [0.2, 0.25) is 3.79 Å². The molecule has 0 saturated heterocycles. The monoisotopic (exact) mass is 248 g/mol. The SMILES string of the molecule is COC(=O)[C@H](C)C(OC)C(Cl)(Cl)Cl. The van der Waals surface area contributed by atoms with Gasteiger partial charge in [-0.25, -0.2) is 0 Å². The summed E-state index contributed by atoms with van der Waals surface area (Å²) in [7, 11) is 2.63. The molecule has 0 aliphatic heterocycles. The van der Waals surface area contributed by atoms with E-state index in [2.05, 4.69) is 4.74 Å². The number of methoxy groups -OCH3 is 2. The number of esters is 1. The number of carbonyl (C=O) groups is 1. The molecule has 0 aliphatic rings. The van der Waals surface area contributed by atoms with Crippen molar-refractivity contribution >= 4 is 40.8 Å². The van der Waals surface area contributed by atoms with E-state index in [1.54, 1.807) is 6.92 Å². The average Bonchev–Trinajstić information content (AvgIpc) is 2.01. The van der Waals surface area contributed by atoms with E-state index in [1.807, 2.05) is 0 Å². The Labute approximate surface area is 92.2 Å². The molecule has 0 spiro atoms. The van der Waals surface area contributed by atoms with Crippen molar-refractivity contribution in [3.05, 3.63) is 0 Å². The van der Waals surface area contributed by atoms with Gasteiger partial charge in [0.15, 0.2) is 0 Å². The Morgan fingerprint density at radius 1 is 1.31 bits per heavy atom. The van der Waals surface area contributed by atoms with Crippen LogP contribution in [-0.2, 0) is 14.3 Å². The molecule has 3 nitrogen and oxygen atoms in total. The molecule has 0 aliphatic carbocycles. The molecule has 2 atom stereocenters. The highest BCUT2D eigenvalue weighted by atomic mass is 35.6. The Morgan fingerprint density at radius 2 is 1.77 bits per heavy atom. The van der Waals surface area contributed by atoms with Crippen molar-refractivity contribution in [2.45, 2.75) is 16.8 Å². The van der Waals surface area contributed by atoms with E-state index in [-0.39, 0.29) is 0 Å². The van der Waals surface area contributed by atoms with Crippen LogP contribution in [0.2, 0.25) is 0 Å². The molecule has 0 N–H and O–H groups in total. The number of hydrogen-bond donors (Lipinski definition) is 0. The van der Waals surface area contributed by atoms with Gasteiger partial charge >= 0.3 is 5.97 Å². The van der Waals surface area contributed by atoms with Crippen LogP contribution in [0.15, 0.2) is 0 Å². The van der Waals surface area contributed by atoms with Crippen molar-refractivity contribution in [3.63, 3.8) is 0 Å². The first-order valence-corrected chi connectivity index (χ1v) is 4.65. The first kappa shape index (κ1) is 13.3. The lowest BCUT2D eigenvalue weighted by Gasteiger charge is -2.26. The van der Waals surface area contributed by atoms with Gasteiger partial charge in [-0.05, 0) is 6.92 Å². The van der Waals surface area contributed by atoms with Crippen molar-refractivity contribution in [1.29, 1.82) is 0 Å². The maximum atomic E-state index is 11.1. The molecule has 0 saturated carbocycles. The largest absolute Gasteiger partial charge is 0.469 e. The van der Waals surface area contributed by atoms with Gasteiger partial charge in [0, 0.05) is 7.11 Å². The Hall–Kier alpha value is 0.300. The summed E-state index contributed by atoms with van der Waals surface area (Å²) in [6.45, 7) is 1.57. The van der Waals surface area contributed by atoms with Crippen LogP contribution in [0.3, 0.4) is 0 Å². The van der Waals surface area contributed by atoms with E-state index < -0.39 is 21.8 Å². The van der Waals surface area contributed by atoms with E-state index in [1.165, 1.54) is 14.2 Å². The second-order valence-corrected chi connectivity index (χ2v) is 4.88. The molecular weight excluding hydrogens is 238 g/mol. The summed E-state index contributed by atoms with van der Waals surface area (Å²) in [5.41, 5.74) is 0. The van der Waals surface area contributed by atoms with Crippen LogP contribution < -0.4 is 0 Å². The van der Waals surface area contributed by atoms with Gasteiger partial charge in [-0.15, -0.1) is 0 Å². The Balaban J connectivity index is 4.50. The van der Waals surface area contributed by atoms with Crippen molar-refractivity contribution in [1.82, 2.24) is 0 Å². The molecular formula is C7H11Cl3O3. The number of alkyl halides is 3. The molecule has 0 amide bonds. The van der Waals surface area contributed by atoms with E-state index in [0.717, 1.165) is 0 Å². The fourth-order valence-corrected chi connectivity index (χ4v) is 1.76. The van der Waals surface area contributed by atoms with Gasteiger partial charge in [0.25, 0.3) is 0 Å². The summed E-state index contributed by atoms with van der Waals surface area (Å²) in [4.78, 5) is 11.1. The highest BCUT2D eigenvalue weighted by Crippen LogP contribution is 2.36. The predicted molar refractivity (Wildman–Crippen MR) is 52.3 cm³/mol. The zero-order chi connectivity index (χ0) is 10.6. The molecule has 6 heteroatoms. The summed E-state index contributed by atoms with van der Waals surface area (Å²) < 4.78 is 7.76. The molecule has 78 valence electrons. The fourth-order valence-electron chi connectivity index (χ4n) is 0.931. The molecule has 0 aromatic carbocycles. The summed E-state index contributed by atoms with van der Waals surface area (Å²) >= 11 is 16.8. The third-order valence-electron chi connectivity index (χ3n) is 1.60. The van der Waals surface area contributed by atoms with Crippen molar-refractivity contribution in [2.75, 3.05) is 14.2 Å². The molecule has 0 aromatic heterocycles. The third kappa shape index (κ3) is 3.90.